The van der Waals surface area contributed by atoms with E-state index in [0.29, 0.717) is 6.42 Å². The highest BCUT2D eigenvalue weighted by atomic mass is 16.2. The van der Waals surface area contributed by atoms with Gasteiger partial charge >= 0.3 is 0 Å². The van der Waals surface area contributed by atoms with Crippen LogP contribution in [-0.4, -0.2) is 50.5 Å². The normalized spacial score (nSPS) is 25.0. The lowest BCUT2D eigenvalue weighted by molar-refractivity contribution is -0.137. The smallest absolute Gasteiger partial charge is 0.225 e. The molecule has 0 aliphatic carbocycles. The molecular formula is C17H26N4O2. The van der Waals surface area contributed by atoms with Crippen LogP contribution in [0.5, 0.6) is 0 Å². The third-order valence-corrected chi connectivity index (χ3v) is 5.12. The van der Waals surface area contributed by atoms with E-state index in [1.54, 1.807) is 11.6 Å². The van der Waals surface area contributed by atoms with Crippen LogP contribution in [0.1, 0.15) is 57.1 Å². The summed E-state index contributed by atoms with van der Waals surface area (Å²) in [6.07, 6.45) is 9.44. The molecule has 3 heterocycles. The van der Waals surface area contributed by atoms with E-state index >= 15 is 0 Å². The maximum Gasteiger partial charge on any atom is 0.225 e. The van der Waals surface area contributed by atoms with Crippen molar-refractivity contribution in [3.05, 3.63) is 18.0 Å². The Labute approximate surface area is 137 Å². The molecular weight excluding hydrogens is 292 g/mol. The van der Waals surface area contributed by atoms with Crippen molar-refractivity contribution in [2.24, 2.45) is 7.05 Å². The number of piperidine rings is 1. The molecule has 1 aromatic heterocycles. The van der Waals surface area contributed by atoms with E-state index in [2.05, 4.69) is 5.10 Å². The molecule has 0 radical (unpaired) electrons. The van der Waals surface area contributed by atoms with Crippen LogP contribution in [0.25, 0.3) is 0 Å². The minimum atomic E-state index is 0.0731. The van der Waals surface area contributed by atoms with Gasteiger partial charge in [-0.25, -0.2) is 0 Å². The quantitative estimate of drug-likeness (QED) is 0.855. The first kappa shape index (κ1) is 16.0. The van der Waals surface area contributed by atoms with Gasteiger partial charge in [-0.2, -0.15) is 5.10 Å². The van der Waals surface area contributed by atoms with Crippen LogP contribution in [0.4, 0.5) is 0 Å². The molecule has 23 heavy (non-hydrogen) atoms. The topological polar surface area (TPSA) is 58.4 Å². The Morgan fingerprint density at radius 2 is 1.96 bits per heavy atom. The van der Waals surface area contributed by atoms with Gasteiger partial charge in [-0.1, -0.05) is 0 Å². The van der Waals surface area contributed by atoms with Gasteiger partial charge in [-0.3, -0.25) is 14.3 Å². The maximum absolute atomic E-state index is 12.8. The van der Waals surface area contributed by atoms with Gasteiger partial charge in [-0.05, 0) is 32.1 Å². The molecule has 0 aromatic carbocycles. The summed E-state index contributed by atoms with van der Waals surface area (Å²) in [6, 6.07) is 0.217. The van der Waals surface area contributed by atoms with Gasteiger partial charge in [0.05, 0.1) is 12.2 Å². The summed E-state index contributed by atoms with van der Waals surface area (Å²) in [6.45, 7) is 3.21. The van der Waals surface area contributed by atoms with Gasteiger partial charge in [0.1, 0.15) is 0 Å². The Bertz CT molecular complexity index is 583. The van der Waals surface area contributed by atoms with Gasteiger partial charge < -0.3 is 9.80 Å². The second-order valence-electron chi connectivity index (χ2n) is 6.76. The van der Waals surface area contributed by atoms with Crippen LogP contribution in [0.15, 0.2) is 12.4 Å². The van der Waals surface area contributed by atoms with Gasteiger partial charge in [0.25, 0.3) is 0 Å². The zero-order chi connectivity index (χ0) is 16.4. The molecule has 0 spiro atoms. The predicted octanol–water partition coefficient (Wildman–Crippen LogP) is 1.87. The summed E-state index contributed by atoms with van der Waals surface area (Å²) in [7, 11) is 1.90. The minimum absolute atomic E-state index is 0.0731. The lowest BCUT2D eigenvalue weighted by Crippen LogP contribution is -2.45. The van der Waals surface area contributed by atoms with E-state index in [9.17, 15) is 9.59 Å². The number of rotatable bonds is 3. The number of hydrogen-bond donors (Lipinski definition) is 0. The molecule has 2 atom stereocenters. The molecule has 0 bridgehead atoms. The summed E-state index contributed by atoms with van der Waals surface area (Å²) in [5, 5.41) is 4.23. The van der Waals surface area contributed by atoms with Crippen molar-refractivity contribution < 1.29 is 9.59 Å². The first-order valence-corrected chi connectivity index (χ1v) is 8.61. The van der Waals surface area contributed by atoms with E-state index < -0.39 is 0 Å². The molecule has 2 amide bonds. The lowest BCUT2D eigenvalue weighted by atomic mass is 9.98. The Morgan fingerprint density at radius 1 is 1.17 bits per heavy atom. The van der Waals surface area contributed by atoms with Crippen molar-refractivity contribution in [3.63, 3.8) is 0 Å². The van der Waals surface area contributed by atoms with Crippen molar-refractivity contribution in [2.75, 3.05) is 13.1 Å². The summed E-state index contributed by atoms with van der Waals surface area (Å²) >= 11 is 0. The van der Waals surface area contributed by atoms with Crippen molar-refractivity contribution in [2.45, 2.75) is 57.5 Å². The molecule has 1 aromatic rings. The SMILES string of the molecule is CC(=O)N1CCCC[C@H]1CC(=O)N1CCC[C@@H]1c1cnn(C)c1. The third-order valence-electron chi connectivity index (χ3n) is 5.12. The highest BCUT2D eigenvalue weighted by Gasteiger charge is 2.34. The van der Waals surface area contributed by atoms with Crippen LogP contribution in [0.2, 0.25) is 0 Å². The third kappa shape index (κ3) is 3.41. The molecule has 2 saturated heterocycles. The molecule has 126 valence electrons. The number of aromatic nitrogens is 2. The maximum atomic E-state index is 12.8. The number of likely N-dealkylation sites (tertiary alicyclic amines) is 2. The van der Waals surface area contributed by atoms with E-state index in [4.69, 9.17) is 0 Å². The second kappa shape index (κ2) is 6.72. The fourth-order valence-corrected chi connectivity index (χ4v) is 3.97. The highest BCUT2D eigenvalue weighted by molar-refractivity contribution is 5.79. The minimum Gasteiger partial charge on any atom is -0.339 e. The predicted molar refractivity (Wildman–Crippen MR) is 86.5 cm³/mol. The Kier molecular flexibility index (Phi) is 4.68. The number of carbonyl (C=O) groups is 2. The Hall–Kier alpha value is -1.85. The van der Waals surface area contributed by atoms with Crippen LogP contribution in [0.3, 0.4) is 0 Å². The molecule has 2 fully saturated rings. The number of carbonyl (C=O) groups excluding carboxylic acids is 2. The van der Waals surface area contributed by atoms with Crippen molar-refractivity contribution in [1.82, 2.24) is 19.6 Å². The zero-order valence-corrected chi connectivity index (χ0v) is 14.1. The molecule has 0 N–H and O–H groups in total. The fraction of sp³-hybridized carbons (Fsp3) is 0.706. The van der Waals surface area contributed by atoms with Gasteiger partial charge in [0.15, 0.2) is 0 Å². The molecule has 3 rings (SSSR count). The number of aryl methyl sites for hydroxylation is 1. The van der Waals surface area contributed by atoms with Crippen LogP contribution in [0, 0.1) is 0 Å². The first-order chi connectivity index (χ1) is 11.1. The van der Waals surface area contributed by atoms with E-state index in [-0.39, 0.29) is 23.9 Å². The standard InChI is InChI=1S/C17H26N4O2/c1-13(22)20-8-4-3-6-15(20)10-17(23)21-9-5-7-16(21)14-11-18-19(2)12-14/h11-12,15-16H,3-10H2,1-2H3/t15-,16+/m0/s1. The van der Waals surface area contributed by atoms with Gasteiger partial charge in [-0.15, -0.1) is 0 Å². The largest absolute Gasteiger partial charge is 0.339 e. The van der Waals surface area contributed by atoms with Crippen LogP contribution in [-0.2, 0) is 16.6 Å². The zero-order valence-electron chi connectivity index (χ0n) is 14.1. The number of nitrogens with zero attached hydrogens (tertiary/aromatic N) is 4. The first-order valence-electron chi connectivity index (χ1n) is 8.61. The lowest BCUT2D eigenvalue weighted by Gasteiger charge is -2.36. The summed E-state index contributed by atoms with van der Waals surface area (Å²) < 4.78 is 1.79. The monoisotopic (exact) mass is 318 g/mol. The summed E-state index contributed by atoms with van der Waals surface area (Å²) in [5.74, 6) is 0.266. The molecule has 0 unspecified atom stereocenters. The number of hydrogen-bond acceptors (Lipinski definition) is 3. The number of amides is 2. The molecule has 6 nitrogen and oxygen atoms in total. The van der Waals surface area contributed by atoms with Crippen LogP contribution >= 0.6 is 0 Å². The van der Waals surface area contributed by atoms with E-state index in [0.717, 1.165) is 50.8 Å². The summed E-state index contributed by atoms with van der Waals surface area (Å²) in [5.41, 5.74) is 1.12. The molecule has 2 aliphatic rings. The highest BCUT2D eigenvalue weighted by Crippen LogP contribution is 2.33. The average molecular weight is 318 g/mol. The Morgan fingerprint density at radius 3 is 2.65 bits per heavy atom. The molecule has 0 saturated carbocycles. The van der Waals surface area contributed by atoms with Crippen LogP contribution < -0.4 is 0 Å². The van der Waals surface area contributed by atoms with E-state index in [1.807, 2.05) is 29.2 Å². The van der Waals surface area contributed by atoms with Crippen molar-refractivity contribution >= 4 is 11.8 Å². The average Bonchev–Trinajstić information content (AvgIpc) is 3.15. The van der Waals surface area contributed by atoms with Crippen molar-refractivity contribution in [3.8, 4) is 0 Å². The molecule has 6 heteroatoms. The van der Waals surface area contributed by atoms with Crippen molar-refractivity contribution in [1.29, 1.82) is 0 Å². The molecule has 2 aliphatic heterocycles. The van der Waals surface area contributed by atoms with E-state index in [1.165, 1.54) is 0 Å². The van der Waals surface area contributed by atoms with Gasteiger partial charge in [0, 0.05) is 51.3 Å². The Balaban J connectivity index is 1.68. The van der Waals surface area contributed by atoms with Gasteiger partial charge in [0.2, 0.25) is 11.8 Å². The summed E-state index contributed by atoms with van der Waals surface area (Å²) in [4.78, 5) is 28.5. The fourth-order valence-electron chi connectivity index (χ4n) is 3.97. The second-order valence-corrected chi connectivity index (χ2v) is 6.76.